The molecule has 4 amide bonds. The van der Waals surface area contributed by atoms with E-state index in [0.29, 0.717) is 54.8 Å². The highest BCUT2D eigenvalue weighted by atomic mass is 32.2. The van der Waals surface area contributed by atoms with Crippen LogP contribution in [0.15, 0.2) is 54.6 Å². The fraction of sp³-hybridized carbons (Fsp3) is 0.525. The molecule has 1 aromatic heterocycles. The number of para-hydroxylation sites is 1. The number of pyridine rings is 1. The number of hydrogen-bond donors (Lipinski definition) is 3. The summed E-state index contributed by atoms with van der Waals surface area (Å²) in [6, 6.07) is 14.8. The summed E-state index contributed by atoms with van der Waals surface area (Å²) in [5, 5.41) is 5.94. The average molecular weight is 774 g/mol. The van der Waals surface area contributed by atoms with Crippen molar-refractivity contribution in [2.45, 2.75) is 107 Å². The van der Waals surface area contributed by atoms with E-state index in [1.54, 1.807) is 20.8 Å². The van der Waals surface area contributed by atoms with Gasteiger partial charge >= 0.3 is 6.09 Å². The Balaban J connectivity index is 1.17. The Bertz CT molecular complexity index is 2180. The fourth-order valence-electron chi connectivity index (χ4n) is 7.77. The van der Waals surface area contributed by atoms with Gasteiger partial charge in [-0.25, -0.2) is 18.2 Å². The minimum Gasteiger partial charge on any atom is -0.489 e. The van der Waals surface area contributed by atoms with Crippen LogP contribution in [0.5, 0.6) is 11.6 Å². The Morgan fingerprint density at radius 2 is 1.82 bits per heavy atom. The van der Waals surface area contributed by atoms with Gasteiger partial charge in [0.05, 0.1) is 17.3 Å². The molecule has 0 radical (unpaired) electrons. The number of ether oxygens (including phenoxy) is 3. The summed E-state index contributed by atoms with van der Waals surface area (Å²) in [4.78, 5) is 62.6. The molecule has 4 fully saturated rings. The molecule has 3 heterocycles. The molecule has 3 aliphatic carbocycles. The SMILES string of the molecule is CC[C@@H]1CC1(NC(=O)[C@@H]1CC2CN1C(=O)[C@@H](C(C)(C)C)NC(=O)OC1(CC1)COc1cccc(c1)-c1cc3ccccc3nc1O2)C(=O)NS(=O)(=O)C1CC1. The molecule has 292 valence electrons. The maximum atomic E-state index is 14.7. The van der Waals surface area contributed by atoms with Gasteiger partial charge in [0.15, 0.2) is 0 Å². The Hall–Kier alpha value is -4.92. The van der Waals surface area contributed by atoms with Gasteiger partial charge in [-0.3, -0.25) is 19.1 Å². The van der Waals surface area contributed by atoms with Gasteiger partial charge in [0.1, 0.15) is 41.7 Å². The van der Waals surface area contributed by atoms with Gasteiger partial charge in [-0.2, -0.15) is 0 Å². The van der Waals surface area contributed by atoms with Crippen LogP contribution < -0.4 is 24.8 Å². The van der Waals surface area contributed by atoms with Gasteiger partial charge in [0, 0.05) is 17.4 Å². The van der Waals surface area contributed by atoms with E-state index in [4.69, 9.17) is 19.2 Å². The van der Waals surface area contributed by atoms with E-state index in [0.717, 1.165) is 10.9 Å². The van der Waals surface area contributed by atoms with E-state index >= 15 is 0 Å². The molecule has 5 aliphatic rings. The standard InChI is InChI=1S/C40H47N5O9S/c1-5-25-20-40(25,36(48)44-55(50,51)28-13-14-28)43-33(46)31-19-27-21-45(31)35(47)32(38(2,3)4)42-37(49)54-39(15-16-39)22-52-26-11-8-10-23(17-26)29-18-24-9-6-7-12-30(24)41-34(29)53-27/h6-12,17-18,25,27-28,31-32H,5,13-16,19-22H2,1-4H3,(H,42,49)(H,43,46)(H,44,48)/t25-,27?,31+,32+,40?/m1/s1. The molecule has 3 N–H and O–H groups in total. The molecular formula is C40H47N5O9S. The lowest BCUT2D eigenvalue weighted by Gasteiger charge is -2.35. The summed E-state index contributed by atoms with van der Waals surface area (Å²) in [6.45, 7) is 7.37. The van der Waals surface area contributed by atoms with Gasteiger partial charge in [0.2, 0.25) is 27.7 Å². The third kappa shape index (κ3) is 7.30. The van der Waals surface area contributed by atoms with Crippen molar-refractivity contribution in [1.82, 2.24) is 25.2 Å². The van der Waals surface area contributed by atoms with Crippen molar-refractivity contribution in [3.05, 3.63) is 54.6 Å². The molecule has 2 aliphatic heterocycles. The molecule has 5 atom stereocenters. The third-order valence-corrected chi connectivity index (χ3v) is 13.3. The molecule has 8 rings (SSSR count). The monoisotopic (exact) mass is 773 g/mol. The largest absolute Gasteiger partial charge is 0.489 e. The molecular weight excluding hydrogens is 727 g/mol. The van der Waals surface area contributed by atoms with Crippen molar-refractivity contribution >= 4 is 44.7 Å². The van der Waals surface area contributed by atoms with Crippen LogP contribution in [0.25, 0.3) is 22.0 Å². The molecule has 1 spiro atoms. The number of sulfonamides is 1. The number of carbonyl (C=O) groups excluding carboxylic acids is 4. The zero-order valence-electron chi connectivity index (χ0n) is 31.4. The summed E-state index contributed by atoms with van der Waals surface area (Å²) < 4.78 is 46.5. The lowest BCUT2D eigenvalue weighted by atomic mass is 9.85. The number of fused-ring (bicyclic) bond motifs is 7. The topological polar surface area (TPSA) is 182 Å². The summed E-state index contributed by atoms with van der Waals surface area (Å²) >= 11 is 0. The number of benzene rings is 2. The molecule has 2 aromatic carbocycles. The third-order valence-electron chi connectivity index (χ3n) is 11.5. The highest BCUT2D eigenvalue weighted by molar-refractivity contribution is 7.91. The van der Waals surface area contributed by atoms with Crippen molar-refractivity contribution in [2.24, 2.45) is 11.3 Å². The van der Waals surface area contributed by atoms with Crippen LogP contribution in [0.4, 0.5) is 4.79 Å². The van der Waals surface area contributed by atoms with Gasteiger partial charge in [-0.15, -0.1) is 0 Å². The highest BCUT2D eigenvalue weighted by Gasteiger charge is 2.62. The Morgan fingerprint density at radius 1 is 1.05 bits per heavy atom. The van der Waals surface area contributed by atoms with Gasteiger partial charge in [0.25, 0.3) is 5.91 Å². The van der Waals surface area contributed by atoms with Crippen molar-refractivity contribution in [3.8, 4) is 22.8 Å². The normalized spacial score (nSPS) is 27.5. The van der Waals surface area contributed by atoms with Crippen LogP contribution >= 0.6 is 0 Å². The smallest absolute Gasteiger partial charge is 0.408 e. The van der Waals surface area contributed by atoms with Crippen LogP contribution in [0.2, 0.25) is 0 Å². The van der Waals surface area contributed by atoms with Crippen LogP contribution in [-0.4, -0.2) is 89.8 Å². The number of rotatable bonds is 6. The van der Waals surface area contributed by atoms with E-state index in [1.165, 1.54) is 4.90 Å². The average Bonchev–Trinajstić information content (AvgIpc) is 4.06. The second-order valence-electron chi connectivity index (χ2n) is 16.8. The Labute approximate surface area is 320 Å². The quantitative estimate of drug-likeness (QED) is 0.328. The molecule has 4 bridgehead atoms. The van der Waals surface area contributed by atoms with Crippen molar-refractivity contribution in [1.29, 1.82) is 0 Å². The molecule has 2 unspecified atom stereocenters. The minimum atomic E-state index is -3.87. The molecule has 3 saturated carbocycles. The Kier molecular flexibility index (Phi) is 9.01. The second-order valence-corrected chi connectivity index (χ2v) is 18.8. The zero-order valence-corrected chi connectivity index (χ0v) is 32.2. The predicted octanol–water partition coefficient (Wildman–Crippen LogP) is 4.21. The van der Waals surface area contributed by atoms with Gasteiger partial charge in [-0.05, 0) is 73.3 Å². The first kappa shape index (κ1) is 37.0. The number of nitrogens with one attached hydrogen (secondary N) is 3. The van der Waals surface area contributed by atoms with Gasteiger partial charge < -0.3 is 29.7 Å². The van der Waals surface area contributed by atoms with E-state index in [-0.39, 0.29) is 31.9 Å². The van der Waals surface area contributed by atoms with Crippen molar-refractivity contribution in [2.75, 3.05) is 13.2 Å². The molecule has 3 aromatic rings. The van der Waals surface area contributed by atoms with E-state index in [1.807, 2.05) is 61.5 Å². The van der Waals surface area contributed by atoms with Crippen LogP contribution in [0.3, 0.4) is 0 Å². The number of alkyl carbamates (subject to hydrolysis) is 1. The first-order chi connectivity index (χ1) is 26.1. The lowest BCUT2D eigenvalue weighted by molar-refractivity contribution is -0.143. The molecule has 14 nitrogen and oxygen atoms in total. The van der Waals surface area contributed by atoms with Crippen LogP contribution in [0.1, 0.15) is 72.6 Å². The van der Waals surface area contributed by atoms with Crippen LogP contribution in [-0.2, 0) is 29.1 Å². The summed E-state index contributed by atoms with van der Waals surface area (Å²) in [7, 11) is -3.87. The highest BCUT2D eigenvalue weighted by Crippen LogP contribution is 2.47. The molecule has 15 heteroatoms. The van der Waals surface area contributed by atoms with E-state index in [9.17, 15) is 27.6 Å². The Morgan fingerprint density at radius 3 is 2.51 bits per heavy atom. The lowest BCUT2D eigenvalue weighted by Crippen LogP contribution is -2.60. The van der Waals surface area contributed by atoms with E-state index in [2.05, 4.69) is 15.4 Å². The number of amides is 4. The maximum absolute atomic E-state index is 14.7. The first-order valence-electron chi connectivity index (χ1n) is 19.1. The summed E-state index contributed by atoms with van der Waals surface area (Å²) in [6.07, 6.45) is 1.45. The van der Waals surface area contributed by atoms with E-state index < -0.39 is 73.8 Å². The number of hydrogen-bond acceptors (Lipinski definition) is 10. The summed E-state index contributed by atoms with van der Waals surface area (Å²) in [5.41, 5.74) is -0.990. The maximum Gasteiger partial charge on any atom is 0.408 e. The fourth-order valence-corrected chi connectivity index (χ4v) is 9.13. The second kappa shape index (κ2) is 13.4. The zero-order chi connectivity index (χ0) is 38.9. The first-order valence-corrected chi connectivity index (χ1v) is 20.6. The number of nitrogens with zero attached hydrogens (tertiary/aromatic N) is 2. The number of carbonyl (C=O) groups is 4. The van der Waals surface area contributed by atoms with Crippen molar-refractivity contribution in [3.63, 3.8) is 0 Å². The number of aromatic nitrogens is 1. The minimum absolute atomic E-state index is 0.0340. The molecule has 55 heavy (non-hydrogen) atoms. The predicted molar refractivity (Wildman–Crippen MR) is 201 cm³/mol. The van der Waals surface area contributed by atoms with Crippen molar-refractivity contribution < 1.29 is 41.8 Å². The van der Waals surface area contributed by atoms with Gasteiger partial charge in [-0.1, -0.05) is 64.4 Å². The molecule has 1 saturated heterocycles. The van der Waals surface area contributed by atoms with Crippen LogP contribution in [0, 0.1) is 11.3 Å². The summed E-state index contributed by atoms with van der Waals surface area (Å²) in [5.74, 6) is -1.34.